The van der Waals surface area contributed by atoms with Crippen LogP contribution in [0.4, 0.5) is 0 Å². The standard InChI is InChI=1S/C48H30S/c1-2-15-32(16-3-1)43-29-35(30-44-37-19-12-13-25-45(37)49-48(43)44)46-39-21-8-10-23-41(39)47(42-24-11-9-22-40(42)46)38-20-7-6-18-36(38)34-27-26-31-14-4-5-17-33(31)28-34/h1-30H. The quantitative estimate of drug-likeness (QED) is 0.168. The molecular formula is C48H30S. The first-order valence-electron chi connectivity index (χ1n) is 16.8. The predicted octanol–water partition coefficient (Wildman–Crippen LogP) is 14.2. The summed E-state index contributed by atoms with van der Waals surface area (Å²) < 4.78 is 2.66. The van der Waals surface area contributed by atoms with Crippen molar-refractivity contribution in [2.45, 2.75) is 0 Å². The van der Waals surface area contributed by atoms with Crippen molar-refractivity contribution < 1.29 is 0 Å². The van der Waals surface area contributed by atoms with Gasteiger partial charge in [0.2, 0.25) is 0 Å². The lowest BCUT2D eigenvalue weighted by molar-refractivity contribution is 1.62. The predicted molar refractivity (Wildman–Crippen MR) is 214 cm³/mol. The monoisotopic (exact) mass is 638 g/mol. The van der Waals surface area contributed by atoms with Crippen molar-refractivity contribution in [3.63, 3.8) is 0 Å². The molecule has 49 heavy (non-hydrogen) atoms. The number of fused-ring (bicyclic) bond motifs is 6. The second-order valence-corrected chi connectivity index (χ2v) is 13.9. The minimum Gasteiger partial charge on any atom is -0.135 e. The maximum absolute atomic E-state index is 2.44. The molecule has 0 aliphatic carbocycles. The van der Waals surface area contributed by atoms with Crippen LogP contribution in [0.3, 0.4) is 0 Å². The van der Waals surface area contributed by atoms with Gasteiger partial charge in [0.15, 0.2) is 0 Å². The highest BCUT2D eigenvalue weighted by molar-refractivity contribution is 7.26. The molecule has 0 unspecified atom stereocenters. The van der Waals surface area contributed by atoms with E-state index in [0.717, 1.165) is 0 Å². The third-order valence-electron chi connectivity index (χ3n) is 10.0. The first-order chi connectivity index (χ1) is 24.3. The minimum atomic E-state index is 1.23. The summed E-state index contributed by atoms with van der Waals surface area (Å²) in [5.41, 5.74) is 10.1. The van der Waals surface area contributed by atoms with Crippen LogP contribution in [-0.2, 0) is 0 Å². The molecule has 0 saturated heterocycles. The molecule has 1 aromatic heterocycles. The van der Waals surface area contributed by atoms with Crippen molar-refractivity contribution in [2.24, 2.45) is 0 Å². The van der Waals surface area contributed by atoms with E-state index in [2.05, 4.69) is 182 Å². The fourth-order valence-corrected chi connectivity index (χ4v) is 9.06. The van der Waals surface area contributed by atoms with Gasteiger partial charge < -0.3 is 0 Å². The van der Waals surface area contributed by atoms with Gasteiger partial charge >= 0.3 is 0 Å². The van der Waals surface area contributed by atoms with Crippen LogP contribution in [0.1, 0.15) is 0 Å². The van der Waals surface area contributed by atoms with Gasteiger partial charge in [0, 0.05) is 25.7 Å². The summed E-state index contributed by atoms with van der Waals surface area (Å²) in [6, 6.07) is 67.0. The van der Waals surface area contributed by atoms with Crippen LogP contribution in [-0.4, -0.2) is 0 Å². The van der Waals surface area contributed by atoms with Gasteiger partial charge in [-0.1, -0.05) is 158 Å². The maximum atomic E-state index is 2.44. The Bertz CT molecular complexity index is 2820. The van der Waals surface area contributed by atoms with Gasteiger partial charge in [0.1, 0.15) is 0 Å². The molecule has 10 rings (SSSR count). The van der Waals surface area contributed by atoms with Crippen molar-refractivity contribution in [3.8, 4) is 44.5 Å². The molecule has 0 N–H and O–H groups in total. The van der Waals surface area contributed by atoms with Gasteiger partial charge in [-0.25, -0.2) is 0 Å². The molecule has 0 spiro atoms. The Morgan fingerprint density at radius 1 is 0.286 bits per heavy atom. The van der Waals surface area contributed by atoms with Crippen LogP contribution < -0.4 is 0 Å². The van der Waals surface area contributed by atoms with Crippen LogP contribution >= 0.6 is 11.3 Å². The van der Waals surface area contributed by atoms with Crippen LogP contribution in [0, 0.1) is 0 Å². The van der Waals surface area contributed by atoms with Crippen molar-refractivity contribution in [1.82, 2.24) is 0 Å². The topological polar surface area (TPSA) is 0 Å². The third kappa shape index (κ3) is 4.51. The summed E-state index contributed by atoms with van der Waals surface area (Å²) in [5, 5.41) is 10.2. The van der Waals surface area contributed by atoms with Crippen LogP contribution in [0.25, 0.3) is 97.0 Å². The number of hydrogen-bond acceptors (Lipinski definition) is 1. The molecule has 0 aliphatic rings. The average Bonchev–Trinajstić information content (AvgIpc) is 3.55. The fourth-order valence-electron chi connectivity index (χ4n) is 7.84. The average molecular weight is 639 g/mol. The molecule has 0 bridgehead atoms. The van der Waals surface area contributed by atoms with E-state index in [1.807, 2.05) is 11.3 Å². The summed E-state index contributed by atoms with van der Waals surface area (Å²) in [7, 11) is 0. The highest BCUT2D eigenvalue weighted by Crippen LogP contribution is 2.49. The van der Waals surface area contributed by atoms with Gasteiger partial charge in [0.05, 0.1) is 0 Å². The SMILES string of the molecule is c1ccc(-c2cc(-c3c4ccccc4c(-c4ccccc4-c4ccc5ccccc5c4)c4ccccc34)cc3c2sc2ccccc23)cc1. The molecule has 1 heterocycles. The van der Waals surface area contributed by atoms with E-state index in [4.69, 9.17) is 0 Å². The number of rotatable bonds is 4. The van der Waals surface area contributed by atoms with Crippen molar-refractivity contribution in [1.29, 1.82) is 0 Å². The van der Waals surface area contributed by atoms with Crippen LogP contribution in [0.2, 0.25) is 0 Å². The molecule has 0 radical (unpaired) electrons. The van der Waals surface area contributed by atoms with Gasteiger partial charge in [-0.3, -0.25) is 0 Å². The Kier molecular flexibility index (Phi) is 6.47. The Morgan fingerprint density at radius 2 is 0.857 bits per heavy atom. The Morgan fingerprint density at radius 3 is 1.59 bits per heavy atom. The normalized spacial score (nSPS) is 11.7. The second kappa shape index (κ2) is 11.3. The first-order valence-corrected chi connectivity index (χ1v) is 17.7. The second-order valence-electron chi connectivity index (χ2n) is 12.8. The van der Waals surface area contributed by atoms with E-state index in [1.54, 1.807) is 0 Å². The van der Waals surface area contributed by atoms with Crippen LogP contribution in [0.15, 0.2) is 182 Å². The lowest BCUT2D eigenvalue weighted by Crippen LogP contribution is -1.93. The zero-order valence-corrected chi connectivity index (χ0v) is 27.5. The van der Waals surface area contributed by atoms with Crippen LogP contribution in [0.5, 0.6) is 0 Å². The van der Waals surface area contributed by atoms with E-state index >= 15 is 0 Å². The third-order valence-corrected chi connectivity index (χ3v) is 11.3. The minimum absolute atomic E-state index is 1.23. The maximum Gasteiger partial charge on any atom is 0.0434 e. The van der Waals surface area contributed by atoms with Gasteiger partial charge in [-0.15, -0.1) is 11.3 Å². The molecule has 9 aromatic carbocycles. The summed E-state index contributed by atoms with van der Waals surface area (Å²) in [5.74, 6) is 0. The molecule has 0 aliphatic heterocycles. The molecule has 1 heteroatoms. The molecule has 228 valence electrons. The van der Waals surface area contributed by atoms with E-state index in [-0.39, 0.29) is 0 Å². The Balaban J connectivity index is 1.30. The molecule has 0 fully saturated rings. The van der Waals surface area contributed by atoms with Gasteiger partial charge in [-0.2, -0.15) is 0 Å². The highest BCUT2D eigenvalue weighted by atomic mass is 32.1. The smallest absolute Gasteiger partial charge is 0.0434 e. The van der Waals surface area contributed by atoms with Crippen molar-refractivity contribution in [3.05, 3.63) is 182 Å². The van der Waals surface area contributed by atoms with E-state index < -0.39 is 0 Å². The molecule has 0 saturated carbocycles. The first kappa shape index (κ1) is 28.0. The van der Waals surface area contributed by atoms with Crippen molar-refractivity contribution in [2.75, 3.05) is 0 Å². The summed E-state index contributed by atoms with van der Waals surface area (Å²) >= 11 is 1.89. The zero-order valence-electron chi connectivity index (χ0n) is 26.7. The fraction of sp³-hybridized carbons (Fsp3) is 0. The summed E-state index contributed by atoms with van der Waals surface area (Å²) in [4.78, 5) is 0. The number of thiophene rings is 1. The summed E-state index contributed by atoms with van der Waals surface area (Å²) in [6.07, 6.45) is 0. The highest BCUT2D eigenvalue weighted by Gasteiger charge is 2.21. The molecule has 0 nitrogen and oxygen atoms in total. The van der Waals surface area contributed by atoms with E-state index in [0.29, 0.717) is 0 Å². The molecule has 0 amide bonds. The zero-order chi connectivity index (χ0) is 32.3. The lowest BCUT2D eigenvalue weighted by Gasteiger charge is -2.20. The Labute approximate surface area is 289 Å². The Hall–Kier alpha value is -6.02. The lowest BCUT2D eigenvalue weighted by atomic mass is 9.83. The van der Waals surface area contributed by atoms with E-state index in [1.165, 1.54) is 97.0 Å². The summed E-state index contributed by atoms with van der Waals surface area (Å²) in [6.45, 7) is 0. The molecular weight excluding hydrogens is 609 g/mol. The van der Waals surface area contributed by atoms with E-state index in [9.17, 15) is 0 Å². The van der Waals surface area contributed by atoms with Gasteiger partial charge in [-0.05, 0) is 95.5 Å². The van der Waals surface area contributed by atoms with Gasteiger partial charge in [0.25, 0.3) is 0 Å². The molecule has 10 aromatic rings. The molecule has 0 atom stereocenters. The number of hydrogen-bond donors (Lipinski definition) is 0. The van der Waals surface area contributed by atoms with Crippen molar-refractivity contribution >= 4 is 63.8 Å². The number of benzene rings is 9. The largest absolute Gasteiger partial charge is 0.135 e.